The van der Waals surface area contributed by atoms with Gasteiger partial charge in [-0.3, -0.25) is 4.79 Å². The molecular formula is C16H18N2O2. The van der Waals surface area contributed by atoms with E-state index in [4.69, 9.17) is 4.74 Å². The lowest BCUT2D eigenvalue weighted by Gasteiger charge is -2.07. The number of carbonyl (C=O) groups is 1. The fourth-order valence-electron chi connectivity index (χ4n) is 1.72. The second-order valence-electron chi connectivity index (χ2n) is 4.49. The summed E-state index contributed by atoms with van der Waals surface area (Å²) in [6.45, 7) is 4.61. The third kappa shape index (κ3) is 3.82. The maximum Gasteiger partial charge on any atom is 0.274 e. The molecule has 104 valence electrons. The lowest BCUT2D eigenvalue weighted by molar-refractivity contribution is 0.102. The number of benzene rings is 1. The Bertz CT molecular complexity index is 579. The lowest BCUT2D eigenvalue weighted by atomic mass is 10.2. The van der Waals surface area contributed by atoms with Gasteiger partial charge in [0, 0.05) is 11.4 Å². The van der Waals surface area contributed by atoms with Gasteiger partial charge in [-0.2, -0.15) is 0 Å². The van der Waals surface area contributed by atoms with E-state index in [0.717, 1.165) is 23.6 Å². The SMILES string of the molecule is CCCOc1ccc(NC(=O)c2cccc(C)n2)cc1. The molecule has 1 heterocycles. The van der Waals surface area contributed by atoms with Crippen LogP contribution in [0.1, 0.15) is 29.5 Å². The van der Waals surface area contributed by atoms with Gasteiger partial charge in [0.05, 0.1) is 6.61 Å². The van der Waals surface area contributed by atoms with Crippen molar-refractivity contribution in [3.8, 4) is 5.75 Å². The zero-order valence-electron chi connectivity index (χ0n) is 11.7. The molecule has 0 radical (unpaired) electrons. The van der Waals surface area contributed by atoms with Crippen molar-refractivity contribution in [2.24, 2.45) is 0 Å². The summed E-state index contributed by atoms with van der Waals surface area (Å²) in [5, 5.41) is 2.81. The van der Waals surface area contributed by atoms with E-state index < -0.39 is 0 Å². The number of hydrogen-bond acceptors (Lipinski definition) is 3. The first-order valence-corrected chi connectivity index (χ1v) is 6.67. The molecule has 0 aliphatic rings. The summed E-state index contributed by atoms with van der Waals surface area (Å²) in [5.74, 6) is 0.592. The zero-order valence-corrected chi connectivity index (χ0v) is 11.7. The minimum Gasteiger partial charge on any atom is -0.494 e. The van der Waals surface area contributed by atoms with E-state index in [-0.39, 0.29) is 5.91 Å². The highest BCUT2D eigenvalue weighted by Crippen LogP contribution is 2.16. The fraction of sp³-hybridized carbons (Fsp3) is 0.250. The highest BCUT2D eigenvalue weighted by Gasteiger charge is 2.07. The average molecular weight is 270 g/mol. The number of nitrogens with one attached hydrogen (secondary N) is 1. The van der Waals surface area contributed by atoms with Crippen LogP contribution in [0.3, 0.4) is 0 Å². The number of pyridine rings is 1. The van der Waals surface area contributed by atoms with Crippen molar-refractivity contribution in [1.29, 1.82) is 0 Å². The Labute approximate surface area is 118 Å². The number of hydrogen-bond donors (Lipinski definition) is 1. The van der Waals surface area contributed by atoms with Crippen molar-refractivity contribution in [2.45, 2.75) is 20.3 Å². The van der Waals surface area contributed by atoms with Crippen LogP contribution in [-0.4, -0.2) is 17.5 Å². The van der Waals surface area contributed by atoms with Crippen molar-refractivity contribution in [2.75, 3.05) is 11.9 Å². The Kier molecular flexibility index (Phi) is 4.71. The topological polar surface area (TPSA) is 51.2 Å². The molecular weight excluding hydrogens is 252 g/mol. The van der Waals surface area contributed by atoms with Crippen LogP contribution in [0.4, 0.5) is 5.69 Å². The van der Waals surface area contributed by atoms with E-state index in [2.05, 4.69) is 17.2 Å². The number of aryl methyl sites for hydroxylation is 1. The molecule has 0 saturated heterocycles. The lowest BCUT2D eigenvalue weighted by Crippen LogP contribution is -2.13. The van der Waals surface area contributed by atoms with Crippen LogP contribution in [-0.2, 0) is 0 Å². The predicted molar refractivity (Wildman–Crippen MR) is 79.2 cm³/mol. The summed E-state index contributed by atoms with van der Waals surface area (Å²) in [6.07, 6.45) is 0.970. The van der Waals surface area contributed by atoms with Gasteiger partial charge < -0.3 is 10.1 Å². The number of ether oxygens (including phenoxy) is 1. The molecule has 1 aromatic carbocycles. The van der Waals surface area contributed by atoms with Crippen molar-refractivity contribution in [3.05, 3.63) is 53.9 Å². The smallest absolute Gasteiger partial charge is 0.274 e. The summed E-state index contributed by atoms with van der Waals surface area (Å²) < 4.78 is 5.49. The Morgan fingerprint density at radius 1 is 1.20 bits per heavy atom. The first-order valence-electron chi connectivity index (χ1n) is 6.67. The molecule has 20 heavy (non-hydrogen) atoms. The van der Waals surface area contributed by atoms with Gasteiger partial charge in [0.1, 0.15) is 11.4 Å². The summed E-state index contributed by atoms with van der Waals surface area (Å²) in [5.41, 5.74) is 1.96. The molecule has 1 N–H and O–H groups in total. The van der Waals surface area contributed by atoms with E-state index in [1.54, 1.807) is 6.07 Å². The first-order chi connectivity index (χ1) is 9.69. The molecule has 1 amide bonds. The van der Waals surface area contributed by atoms with Gasteiger partial charge in [-0.05, 0) is 49.7 Å². The zero-order chi connectivity index (χ0) is 14.4. The van der Waals surface area contributed by atoms with E-state index in [1.165, 1.54) is 0 Å². The Hall–Kier alpha value is -2.36. The number of nitrogens with zero attached hydrogens (tertiary/aromatic N) is 1. The van der Waals surface area contributed by atoms with Gasteiger partial charge in [-0.1, -0.05) is 13.0 Å². The van der Waals surface area contributed by atoms with Crippen molar-refractivity contribution >= 4 is 11.6 Å². The van der Waals surface area contributed by atoms with Crippen LogP contribution in [0.5, 0.6) is 5.75 Å². The molecule has 4 nitrogen and oxygen atoms in total. The van der Waals surface area contributed by atoms with Gasteiger partial charge in [-0.25, -0.2) is 4.98 Å². The van der Waals surface area contributed by atoms with Gasteiger partial charge in [0.25, 0.3) is 5.91 Å². The maximum absolute atomic E-state index is 12.0. The second-order valence-corrected chi connectivity index (χ2v) is 4.49. The highest BCUT2D eigenvalue weighted by atomic mass is 16.5. The van der Waals surface area contributed by atoms with Gasteiger partial charge >= 0.3 is 0 Å². The quantitative estimate of drug-likeness (QED) is 0.905. The van der Waals surface area contributed by atoms with E-state index in [0.29, 0.717) is 12.3 Å². The summed E-state index contributed by atoms with van der Waals surface area (Å²) in [6, 6.07) is 12.7. The summed E-state index contributed by atoms with van der Waals surface area (Å²) >= 11 is 0. The Morgan fingerprint density at radius 3 is 2.60 bits per heavy atom. The van der Waals surface area contributed by atoms with E-state index in [1.807, 2.05) is 43.3 Å². The Balaban J connectivity index is 2.01. The number of rotatable bonds is 5. The minimum absolute atomic E-state index is 0.212. The monoisotopic (exact) mass is 270 g/mol. The van der Waals surface area contributed by atoms with Crippen LogP contribution in [0.15, 0.2) is 42.5 Å². The second kappa shape index (κ2) is 6.70. The van der Waals surface area contributed by atoms with E-state index >= 15 is 0 Å². The number of anilines is 1. The van der Waals surface area contributed by atoms with Crippen molar-refractivity contribution in [3.63, 3.8) is 0 Å². The molecule has 0 bridgehead atoms. The van der Waals surface area contributed by atoms with Gasteiger partial charge in [0.15, 0.2) is 0 Å². The third-order valence-electron chi connectivity index (χ3n) is 2.71. The normalized spacial score (nSPS) is 10.1. The van der Waals surface area contributed by atoms with Crippen LogP contribution in [0.2, 0.25) is 0 Å². The molecule has 0 spiro atoms. The molecule has 2 rings (SSSR count). The van der Waals surface area contributed by atoms with Crippen LogP contribution >= 0.6 is 0 Å². The predicted octanol–water partition coefficient (Wildman–Crippen LogP) is 3.43. The standard InChI is InChI=1S/C16H18N2O2/c1-3-11-20-14-9-7-13(8-10-14)18-16(19)15-6-4-5-12(2)17-15/h4-10H,3,11H2,1-2H3,(H,18,19). The number of aromatic nitrogens is 1. The molecule has 0 atom stereocenters. The molecule has 1 aromatic heterocycles. The largest absolute Gasteiger partial charge is 0.494 e. The molecule has 2 aromatic rings. The average Bonchev–Trinajstić information content (AvgIpc) is 2.46. The van der Waals surface area contributed by atoms with E-state index in [9.17, 15) is 4.79 Å². The molecule has 0 saturated carbocycles. The fourth-order valence-corrected chi connectivity index (χ4v) is 1.72. The summed E-state index contributed by atoms with van der Waals surface area (Å²) in [4.78, 5) is 16.2. The Morgan fingerprint density at radius 2 is 1.95 bits per heavy atom. The van der Waals surface area contributed by atoms with Crippen LogP contribution in [0.25, 0.3) is 0 Å². The molecule has 0 unspecified atom stereocenters. The maximum atomic E-state index is 12.0. The summed E-state index contributed by atoms with van der Waals surface area (Å²) in [7, 11) is 0. The van der Waals surface area contributed by atoms with Gasteiger partial charge in [0.2, 0.25) is 0 Å². The minimum atomic E-state index is -0.212. The third-order valence-corrected chi connectivity index (χ3v) is 2.71. The molecule has 0 aliphatic carbocycles. The van der Waals surface area contributed by atoms with Gasteiger partial charge in [-0.15, -0.1) is 0 Å². The first kappa shape index (κ1) is 14.1. The number of carbonyl (C=O) groups excluding carboxylic acids is 1. The molecule has 0 fully saturated rings. The highest BCUT2D eigenvalue weighted by molar-refractivity contribution is 6.02. The molecule has 0 aliphatic heterocycles. The number of amides is 1. The van der Waals surface area contributed by atoms with Crippen LogP contribution in [0, 0.1) is 6.92 Å². The van der Waals surface area contributed by atoms with Crippen LogP contribution < -0.4 is 10.1 Å². The molecule has 4 heteroatoms. The van der Waals surface area contributed by atoms with Crippen molar-refractivity contribution < 1.29 is 9.53 Å². The van der Waals surface area contributed by atoms with Crippen molar-refractivity contribution in [1.82, 2.24) is 4.98 Å².